The van der Waals surface area contributed by atoms with Gasteiger partial charge in [-0.25, -0.2) is 0 Å². The molecule has 1 rings (SSSR count). The van der Waals surface area contributed by atoms with E-state index < -0.39 is 49.6 Å². The summed E-state index contributed by atoms with van der Waals surface area (Å²) in [5, 5.41) is 57.9. The Kier molecular flexibility index (Phi) is 9.23. The number of carboxylic acid groups (broad SMARTS) is 1. The first-order valence-electron chi connectivity index (χ1n) is 7.24. The number of hydrogen-bond acceptors (Lipinski definition) is 10. The maximum atomic E-state index is 10.4. The predicted octanol–water partition coefficient (Wildman–Crippen LogP) is -0.222. The van der Waals surface area contributed by atoms with Crippen LogP contribution in [0.4, 0.5) is 17.1 Å². The predicted molar refractivity (Wildman–Crippen MR) is 92.8 cm³/mol. The molecule has 16 heteroatoms. The number of nitro benzene ring substituents is 3. The van der Waals surface area contributed by atoms with Crippen LogP contribution < -0.4 is 16.8 Å². The van der Waals surface area contributed by atoms with Crippen molar-refractivity contribution in [3.05, 3.63) is 42.5 Å². The van der Waals surface area contributed by atoms with Crippen LogP contribution in [0.1, 0.15) is 12.8 Å². The van der Waals surface area contributed by atoms with Crippen LogP contribution in [0.2, 0.25) is 0 Å². The van der Waals surface area contributed by atoms with Crippen molar-refractivity contribution < 1.29 is 29.8 Å². The first-order chi connectivity index (χ1) is 12.9. The van der Waals surface area contributed by atoms with Gasteiger partial charge in [-0.3, -0.25) is 40.5 Å². The van der Waals surface area contributed by atoms with Crippen molar-refractivity contribution >= 4 is 29.0 Å². The molecule has 1 atom stereocenters. The van der Waals surface area contributed by atoms with Crippen LogP contribution in [0.3, 0.4) is 0 Å². The molecular formula is C12H17N7O9. The fraction of sp³-hybridized carbons (Fsp3) is 0.333. The molecule has 16 nitrogen and oxygen atoms in total. The number of guanidine groups is 1. The molecule has 0 aliphatic heterocycles. The van der Waals surface area contributed by atoms with E-state index >= 15 is 0 Å². The lowest BCUT2D eigenvalue weighted by molar-refractivity contribution is -0.404. The number of hydrogen-bond donors (Lipinski definition) is 6. The van der Waals surface area contributed by atoms with Crippen molar-refractivity contribution in [3.8, 4) is 5.75 Å². The van der Waals surface area contributed by atoms with Gasteiger partial charge >= 0.3 is 17.3 Å². The molecule has 0 aromatic heterocycles. The van der Waals surface area contributed by atoms with Crippen LogP contribution in [0, 0.1) is 35.8 Å². The number of benzene rings is 1. The summed E-state index contributed by atoms with van der Waals surface area (Å²) in [7, 11) is 0. The fourth-order valence-corrected chi connectivity index (χ4v) is 1.64. The van der Waals surface area contributed by atoms with Gasteiger partial charge in [-0.05, 0) is 12.8 Å². The number of aliphatic carboxylic acids is 1. The summed E-state index contributed by atoms with van der Waals surface area (Å²) in [6, 6.07) is 0.0729. The summed E-state index contributed by atoms with van der Waals surface area (Å²) in [6.07, 6.45) is 0.975. The minimum Gasteiger partial charge on any atom is -0.497 e. The van der Waals surface area contributed by atoms with Crippen LogP contribution in [-0.4, -0.2) is 49.5 Å². The molecule has 0 unspecified atom stereocenters. The highest BCUT2D eigenvalue weighted by Gasteiger charge is 2.30. The largest absolute Gasteiger partial charge is 0.497 e. The molecule has 0 saturated carbocycles. The smallest absolute Gasteiger partial charge is 0.324 e. The average Bonchev–Trinajstić information content (AvgIpc) is 2.58. The maximum absolute atomic E-state index is 10.4. The number of rotatable bonds is 8. The lowest BCUT2D eigenvalue weighted by Crippen LogP contribution is -2.34. The third kappa shape index (κ3) is 7.87. The summed E-state index contributed by atoms with van der Waals surface area (Å²) >= 11 is 0. The zero-order valence-electron chi connectivity index (χ0n) is 14.1. The van der Waals surface area contributed by atoms with Gasteiger partial charge in [0, 0.05) is 6.54 Å². The molecule has 0 bridgehead atoms. The number of nitro groups is 3. The van der Waals surface area contributed by atoms with E-state index in [0.717, 1.165) is 0 Å². The quantitative estimate of drug-likeness (QED) is 0.108. The Hall–Kier alpha value is -4.08. The van der Waals surface area contributed by atoms with Crippen LogP contribution >= 0.6 is 0 Å². The maximum Gasteiger partial charge on any atom is 0.324 e. The van der Waals surface area contributed by atoms with E-state index in [2.05, 4.69) is 5.32 Å². The van der Waals surface area contributed by atoms with E-state index in [-0.39, 0.29) is 5.96 Å². The Morgan fingerprint density at radius 2 is 1.61 bits per heavy atom. The second-order valence-electron chi connectivity index (χ2n) is 5.03. The van der Waals surface area contributed by atoms with Gasteiger partial charge < -0.3 is 27.0 Å². The van der Waals surface area contributed by atoms with Crippen LogP contribution in [0.5, 0.6) is 5.75 Å². The van der Waals surface area contributed by atoms with Crippen molar-refractivity contribution in [3.63, 3.8) is 0 Å². The molecule has 154 valence electrons. The molecule has 8 N–H and O–H groups in total. The summed E-state index contributed by atoms with van der Waals surface area (Å²) in [6.45, 7) is 0.482. The van der Waals surface area contributed by atoms with Crippen molar-refractivity contribution in [2.24, 2.45) is 11.5 Å². The Morgan fingerprint density at radius 3 is 1.93 bits per heavy atom. The molecule has 0 heterocycles. The first-order valence-corrected chi connectivity index (χ1v) is 7.24. The van der Waals surface area contributed by atoms with Gasteiger partial charge in [0.15, 0.2) is 5.96 Å². The van der Waals surface area contributed by atoms with E-state index in [1.165, 1.54) is 0 Å². The highest BCUT2D eigenvalue weighted by atomic mass is 16.6. The summed E-state index contributed by atoms with van der Waals surface area (Å²) in [4.78, 5) is 38.0. The third-order valence-electron chi connectivity index (χ3n) is 2.98. The number of non-ortho nitro benzene ring substituents is 1. The van der Waals surface area contributed by atoms with Crippen molar-refractivity contribution in [1.29, 1.82) is 5.41 Å². The summed E-state index contributed by atoms with van der Waals surface area (Å²) in [5.41, 5.74) is 7.21. The van der Waals surface area contributed by atoms with Crippen LogP contribution in [0.25, 0.3) is 0 Å². The normalized spacial score (nSPS) is 10.8. The average molecular weight is 403 g/mol. The number of phenols is 1. The Bertz CT molecular complexity index is 748. The molecule has 0 aliphatic rings. The monoisotopic (exact) mass is 403 g/mol. The van der Waals surface area contributed by atoms with Gasteiger partial charge in [0.1, 0.15) is 6.04 Å². The highest BCUT2D eigenvalue weighted by molar-refractivity contribution is 5.74. The molecular weight excluding hydrogens is 386 g/mol. The number of aromatic hydroxyl groups is 1. The minimum atomic E-state index is -1.21. The van der Waals surface area contributed by atoms with E-state index in [1.54, 1.807) is 0 Å². The van der Waals surface area contributed by atoms with Crippen molar-refractivity contribution in [1.82, 2.24) is 5.32 Å². The lowest BCUT2D eigenvalue weighted by Gasteiger charge is -2.06. The van der Waals surface area contributed by atoms with Gasteiger partial charge in [-0.2, -0.15) is 0 Å². The molecule has 28 heavy (non-hydrogen) atoms. The van der Waals surface area contributed by atoms with Crippen molar-refractivity contribution in [2.75, 3.05) is 6.54 Å². The Balaban J connectivity index is 0.000000546. The van der Waals surface area contributed by atoms with E-state index in [0.29, 0.717) is 31.5 Å². The SMILES string of the molecule is N=C(N)NCCC[C@H](N)C(=O)O.O=[N+]([O-])c1cc([N+](=O)[O-])c(O)c([N+](=O)[O-])c1. The molecule has 0 aliphatic carbocycles. The molecule has 0 amide bonds. The zero-order chi connectivity index (χ0) is 22.0. The molecule has 0 radical (unpaired) electrons. The van der Waals surface area contributed by atoms with E-state index in [9.17, 15) is 35.1 Å². The second kappa shape index (κ2) is 10.8. The van der Waals surface area contributed by atoms with Gasteiger partial charge in [-0.1, -0.05) is 0 Å². The van der Waals surface area contributed by atoms with Crippen LogP contribution in [0.15, 0.2) is 12.1 Å². The van der Waals surface area contributed by atoms with Gasteiger partial charge in [-0.15, -0.1) is 0 Å². The van der Waals surface area contributed by atoms with E-state index in [1.807, 2.05) is 0 Å². The second-order valence-corrected chi connectivity index (χ2v) is 5.03. The first kappa shape index (κ1) is 23.9. The number of phenolic OH excluding ortho intramolecular Hbond substituents is 1. The zero-order valence-corrected chi connectivity index (χ0v) is 14.1. The van der Waals surface area contributed by atoms with Gasteiger partial charge in [0.25, 0.3) is 11.4 Å². The Labute approximate surface area is 155 Å². The molecule has 0 fully saturated rings. The molecule has 0 saturated heterocycles. The standard InChI is InChI=1S/C6H14N4O2.C6H3N3O7/c7-4(5(11)12)2-1-3-10-6(8)9;10-6-4(8(13)14)1-3(7(11)12)2-5(6)9(15)16/h4H,1-3,7H2,(H,11,12)(H4,8,9,10);1-2,10H/t4-;/m0./s1. The Morgan fingerprint density at radius 1 is 1.14 bits per heavy atom. The number of carboxylic acids is 1. The minimum absolute atomic E-state index is 0.112. The van der Waals surface area contributed by atoms with Crippen LogP contribution in [-0.2, 0) is 4.79 Å². The highest BCUT2D eigenvalue weighted by Crippen LogP contribution is 2.38. The van der Waals surface area contributed by atoms with Gasteiger partial charge in [0.2, 0.25) is 0 Å². The number of nitrogens with one attached hydrogen (secondary N) is 2. The lowest BCUT2D eigenvalue weighted by atomic mass is 10.2. The number of carbonyl (C=O) groups is 1. The number of nitrogens with two attached hydrogens (primary N) is 2. The van der Waals surface area contributed by atoms with Crippen molar-refractivity contribution in [2.45, 2.75) is 18.9 Å². The summed E-state index contributed by atoms with van der Waals surface area (Å²) in [5.74, 6) is -2.32. The molecule has 0 spiro atoms. The van der Waals surface area contributed by atoms with E-state index in [4.69, 9.17) is 27.1 Å². The van der Waals surface area contributed by atoms with Gasteiger partial charge in [0.05, 0.1) is 26.9 Å². The topological polar surface area (TPSA) is 275 Å². The molecule has 1 aromatic carbocycles. The molecule has 1 aromatic rings. The third-order valence-corrected chi connectivity index (χ3v) is 2.98. The fourth-order valence-electron chi connectivity index (χ4n) is 1.64. The summed E-state index contributed by atoms with van der Waals surface area (Å²) < 4.78 is 0. The number of nitrogens with zero attached hydrogens (tertiary/aromatic N) is 3.